The monoisotopic (exact) mass is 328 g/mol. The summed E-state index contributed by atoms with van der Waals surface area (Å²) < 4.78 is 29.9. The second kappa shape index (κ2) is 5.53. The Morgan fingerprint density at radius 3 is 2.43 bits per heavy atom. The Morgan fingerprint density at radius 1 is 1.04 bits per heavy atom. The summed E-state index contributed by atoms with van der Waals surface area (Å²) in [7, 11) is -3.80. The topological polar surface area (TPSA) is 43.4 Å². The van der Waals surface area contributed by atoms with E-state index in [0.29, 0.717) is 5.75 Å². The summed E-state index contributed by atoms with van der Waals surface area (Å²) >= 11 is 0. The molecule has 23 heavy (non-hydrogen) atoms. The molecule has 0 aliphatic heterocycles. The third-order valence-electron chi connectivity index (χ3n) is 4.00. The highest BCUT2D eigenvalue weighted by Crippen LogP contribution is 2.38. The van der Waals surface area contributed by atoms with Crippen LogP contribution in [0.1, 0.15) is 31.9 Å². The predicted molar refractivity (Wildman–Crippen MR) is 91.8 cm³/mol. The van der Waals surface area contributed by atoms with E-state index in [-0.39, 0.29) is 10.3 Å². The van der Waals surface area contributed by atoms with Crippen LogP contribution in [-0.4, -0.2) is 8.42 Å². The molecular formula is C19H20O3S. The van der Waals surface area contributed by atoms with Gasteiger partial charge < -0.3 is 4.18 Å². The smallest absolute Gasteiger partial charge is 0.339 e. The molecule has 4 heteroatoms. The normalized spacial score (nSPS) is 16.4. The van der Waals surface area contributed by atoms with Gasteiger partial charge in [0.2, 0.25) is 0 Å². The minimum absolute atomic E-state index is 0.121. The van der Waals surface area contributed by atoms with Crippen LogP contribution < -0.4 is 4.18 Å². The number of rotatable bonds is 3. The summed E-state index contributed by atoms with van der Waals surface area (Å²) in [5.41, 5.74) is 3.55. The van der Waals surface area contributed by atoms with Crippen LogP contribution in [0, 0.1) is 5.41 Å². The Hall–Kier alpha value is -2.07. The first-order valence-corrected chi connectivity index (χ1v) is 9.00. The van der Waals surface area contributed by atoms with Crippen molar-refractivity contribution in [3.8, 4) is 5.75 Å². The number of fused-ring (bicyclic) bond motifs is 1. The molecule has 2 aromatic rings. The largest absolute Gasteiger partial charge is 0.379 e. The van der Waals surface area contributed by atoms with Crippen LogP contribution in [0.4, 0.5) is 0 Å². The zero-order valence-electron chi connectivity index (χ0n) is 13.5. The van der Waals surface area contributed by atoms with Crippen molar-refractivity contribution < 1.29 is 12.6 Å². The molecule has 2 aromatic carbocycles. The van der Waals surface area contributed by atoms with Crippen molar-refractivity contribution in [3.63, 3.8) is 0 Å². The molecule has 0 saturated heterocycles. The Balaban J connectivity index is 1.94. The Labute approximate surface area is 137 Å². The summed E-state index contributed by atoms with van der Waals surface area (Å²) in [6.07, 6.45) is 3.16. The van der Waals surface area contributed by atoms with Gasteiger partial charge in [0.05, 0.1) is 0 Å². The Kier molecular flexibility index (Phi) is 3.80. The molecule has 3 nitrogen and oxygen atoms in total. The van der Waals surface area contributed by atoms with Gasteiger partial charge in [-0.2, -0.15) is 8.42 Å². The van der Waals surface area contributed by atoms with Crippen LogP contribution in [0.3, 0.4) is 0 Å². The van der Waals surface area contributed by atoms with Gasteiger partial charge in [-0.15, -0.1) is 0 Å². The van der Waals surface area contributed by atoms with Crippen molar-refractivity contribution >= 4 is 15.7 Å². The van der Waals surface area contributed by atoms with Crippen molar-refractivity contribution in [2.24, 2.45) is 5.41 Å². The molecule has 0 fully saturated rings. The Bertz CT molecular complexity index is 863. The molecular weight excluding hydrogens is 308 g/mol. The average molecular weight is 328 g/mol. The maximum Gasteiger partial charge on any atom is 0.339 e. The first-order valence-electron chi connectivity index (χ1n) is 7.59. The van der Waals surface area contributed by atoms with Gasteiger partial charge in [-0.1, -0.05) is 44.2 Å². The summed E-state index contributed by atoms with van der Waals surface area (Å²) in [4.78, 5) is 0.158. The number of hydrogen-bond acceptors (Lipinski definition) is 3. The van der Waals surface area contributed by atoms with Crippen LogP contribution in [0.5, 0.6) is 5.75 Å². The Morgan fingerprint density at radius 2 is 1.74 bits per heavy atom. The first-order chi connectivity index (χ1) is 10.8. The highest BCUT2D eigenvalue weighted by atomic mass is 32.2. The lowest BCUT2D eigenvalue weighted by Gasteiger charge is -2.29. The standard InChI is InChI=1S/C19H20O3S/c1-14-12-19(2,3)13-15-9-10-16(11-18(14)15)22-23(20,21)17-7-5-4-6-8-17/h4-12H,13H2,1-3H3. The highest BCUT2D eigenvalue weighted by Gasteiger charge is 2.24. The number of allylic oxidation sites excluding steroid dienone is 2. The second-order valence-corrected chi connectivity index (χ2v) is 8.21. The summed E-state index contributed by atoms with van der Waals surface area (Å²) in [5.74, 6) is 0.347. The third kappa shape index (κ3) is 3.32. The van der Waals surface area contributed by atoms with E-state index >= 15 is 0 Å². The molecule has 0 N–H and O–H groups in total. The lowest BCUT2D eigenvalue weighted by molar-refractivity contribution is 0.469. The van der Waals surface area contributed by atoms with Crippen molar-refractivity contribution in [1.82, 2.24) is 0 Å². The second-order valence-electron chi connectivity index (χ2n) is 6.66. The van der Waals surface area contributed by atoms with Gasteiger partial charge in [0.1, 0.15) is 10.6 Å². The van der Waals surface area contributed by atoms with E-state index in [1.807, 2.05) is 12.1 Å². The average Bonchev–Trinajstić information content (AvgIpc) is 2.48. The maximum absolute atomic E-state index is 12.3. The summed E-state index contributed by atoms with van der Waals surface area (Å²) in [6.45, 7) is 6.45. The zero-order chi connectivity index (χ0) is 16.7. The van der Waals surface area contributed by atoms with E-state index < -0.39 is 10.1 Å². The minimum Gasteiger partial charge on any atom is -0.379 e. The van der Waals surface area contributed by atoms with Crippen LogP contribution >= 0.6 is 0 Å². The fourth-order valence-electron chi connectivity index (χ4n) is 3.10. The molecule has 0 spiro atoms. The van der Waals surface area contributed by atoms with Crippen molar-refractivity contribution in [1.29, 1.82) is 0 Å². The molecule has 0 atom stereocenters. The quantitative estimate of drug-likeness (QED) is 0.782. The van der Waals surface area contributed by atoms with Crippen molar-refractivity contribution in [2.75, 3.05) is 0 Å². The molecule has 1 aliphatic carbocycles. The van der Waals surface area contributed by atoms with Crippen LogP contribution in [0.15, 0.2) is 59.5 Å². The fourth-order valence-corrected chi connectivity index (χ4v) is 4.04. The molecule has 0 bridgehead atoms. The third-order valence-corrected chi connectivity index (χ3v) is 5.26. The molecule has 0 amide bonds. The minimum atomic E-state index is -3.80. The number of benzene rings is 2. The summed E-state index contributed by atoms with van der Waals surface area (Å²) in [5, 5.41) is 0. The SMILES string of the molecule is CC1=CC(C)(C)Cc2ccc(OS(=O)(=O)c3ccccc3)cc21. The van der Waals surface area contributed by atoms with Gasteiger partial charge in [-0.05, 0) is 59.7 Å². The highest BCUT2D eigenvalue weighted by molar-refractivity contribution is 7.87. The fraction of sp³-hybridized carbons (Fsp3) is 0.263. The molecule has 120 valence electrons. The van der Waals surface area contributed by atoms with Gasteiger partial charge in [0.15, 0.2) is 0 Å². The molecule has 0 radical (unpaired) electrons. The lowest BCUT2D eigenvalue weighted by Crippen LogP contribution is -2.17. The van der Waals surface area contributed by atoms with Crippen LogP contribution in [0.2, 0.25) is 0 Å². The zero-order valence-corrected chi connectivity index (χ0v) is 14.4. The van der Waals surface area contributed by atoms with E-state index in [0.717, 1.165) is 17.6 Å². The van der Waals surface area contributed by atoms with Gasteiger partial charge in [-0.3, -0.25) is 0 Å². The lowest BCUT2D eigenvalue weighted by atomic mass is 9.76. The van der Waals surface area contributed by atoms with Crippen LogP contribution in [0.25, 0.3) is 5.57 Å². The van der Waals surface area contributed by atoms with E-state index in [1.165, 1.54) is 17.7 Å². The molecule has 0 heterocycles. The first kappa shape index (κ1) is 15.8. The van der Waals surface area contributed by atoms with E-state index in [1.54, 1.807) is 24.3 Å². The molecule has 0 saturated carbocycles. The van der Waals surface area contributed by atoms with Gasteiger partial charge in [0.25, 0.3) is 0 Å². The summed E-state index contributed by atoms with van der Waals surface area (Å²) in [6, 6.07) is 13.7. The van der Waals surface area contributed by atoms with Crippen LogP contribution in [-0.2, 0) is 16.5 Å². The van der Waals surface area contributed by atoms with Crippen molar-refractivity contribution in [2.45, 2.75) is 32.1 Å². The number of hydrogen-bond donors (Lipinski definition) is 0. The van der Waals surface area contributed by atoms with E-state index in [2.05, 4.69) is 26.8 Å². The van der Waals surface area contributed by atoms with Gasteiger partial charge in [-0.25, -0.2) is 0 Å². The van der Waals surface area contributed by atoms with E-state index in [9.17, 15) is 8.42 Å². The predicted octanol–water partition coefficient (Wildman–Crippen LogP) is 4.44. The molecule has 0 unspecified atom stereocenters. The van der Waals surface area contributed by atoms with E-state index in [4.69, 9.17) is 4.18 Å². The molecule has 0 aromatic heterocycles. The molecule has 1 aliphatic rings. The van der Waals surface area contributed by atoms with Gasteiger partial charge >= 0.3 is 10.1 Å². The van der Waals surface area contributed by atoms with Crippen molar-refractivity contribution in [3.05, 3.63) is 65.7 Å². The maximum atomic E-state index is 12.3. The molecule has 3 rings (SSSR count). The van der Waals surface area contributed by atoms with Gasteiger partial charge in [0, 0.05) is 0 Å².